The topological polar surface area (TPSA) is 16.4 Å². The van der Waals surface area contributed by atoms with E-state index >= 15 is 0 Å². The molecule has 2 aliphatic carbocycles. The second-order valence-electron chi connectivity index (χ2n) is 22.4. The van der Waals surface area contributed by atoms with Crippen molar-refractivity contribution in [1.29, 1.82) is 0 Å². The van der Waals surface area contributed by atoms with Crippen molar-refractivity contribution in [3.8, 4) is 33.4 Å². The second-order valence-corrected chi connectivity index (χ2v) is 205. The average Bonchev–Trinajstić information content (AvgIpc) is 1.59. The van der Waals surface area contributed by atoms with Crippen molar-refractivity contribution >= 4 is 399 Å². The lowest BCUT2D eigenvalue weighted by molar-refractivity contribution is 0.656. The Kier molecular flexibility index (Phi) is 41.5. The number of fused-ring (bicyclic) bond motifs is 9. The Labute approximate surface area is 653 Å². The number of rotatable bonds is 25. The van der Waals surface area contributed by atoms with E-state index in [1.54, 1.807) is 0 Å². The number of hydrogen-bond acceptors (Lipinski definition) is 2. The minimum Gasteiger partial charge on any atom is -0.456 e. The molecule has 7 aromatic carbocycles. The van der Waals surface area contributed by atoms with Gasteiger partial charge in [-0.25, -0.2) is 0 Å². The zero-order valence-electron chi connectivity index (χ0n) is 52.9. The van der Waals surface area contributed by atoms with Crippen LogP contribution in [0.5, 0.6) is 0 Å². The predicted molar refractivity (Wildman–Crippen MR) is 591 cm³/mol. The Morgan fingerprint density at radius 3 is 1.09 bits per heavy atom. The molecule has 518 valence electrons. The van der Waals surface area contributed by atoms with Crippen LogP contribution in [0.3, 0.4) is 0 Å². The first-order chi connectivity index (χ1) is 45.2. The molecule has 0 aliphatic heterocycles. The minimum atomic E-state index is -0.172. The van der Waals surface area contributed by atoms with Gasteiger partial charge in [-0.15, -0.1) is 205 Å². The normalized spacial score (nSPS) is 15.2. The van der Waals surface area contributed by atoms with Crippen LogP contribution in [0, 0.1) is 6.92 Å². The van der Waals surface area contributed by atoms with Crippen LogP contribution in [-0.4, -0.2) is 0 Å². The molecule has 0 saturated heterocycles. The maximum atomic E-state index is 6.17. The summed E-state index contributed by atoms with van der Waals surface area (Å²) >= 11 is 0. The zero-order valence-corrected chi connectivity index (χ0v) is 99.2. The summed E-state index contributed by atoms with van der Waals surface area (Å²) in [4.78, 5) is 2.56. The highest BCUT2D eigenvalue weighted by atomic mass is 33.6. The van der Waals surface area contributed by atoms with Crippen LogP contribution in [0.1, 0.15) is 55.5 Å². The molecular formula is C49H86NOP45. The average molecular weight is 2100 g/mol. The molecular weight excluding hydrogens is 2010 g/mol. The van der Waals surface area contributed by atoms with Crippen molar-refractivity contribution < 1.29 is 4.42 Å². The van der Waals surface area contributed by atoms with Gasteiger partial charge in [0, 0.05) is 27.3 Å². The number of hydrogen-bond donors (Lipinski definition) is 0. The summed E-state index contributed by atoms with van der Waals surface area (Å²) < 4.78 is 6.17. The lowest BCUT2D eigenvalue weighted by Gasteiger charge is -2.57. The number of para-hydroxylation sites is 1. The molecule has 2 nitrogen and oxygen atoms in total. The van der Waals surface area contributed by atoms with Crippen LogP contribution in [-0.2, 0) is 10.8 Å². The predicted octanol–water partition coefficient (Wildman–Crippen LogP) is 39.8. The summed E-state index contributed by atoms with van der Waals surface area (Å²) in [6, 6.07) is 53.6. The fraction of sp³-hybridized carbons (Fsp3) is 0.143. The highest BCUT2D eigenvalue weighted by Gasteiger charge is 2.57. The van der Waals surface area contributed by atoms with Crippen molar-refractivity contribution in [2.45, 2.75) is 45.4 Å². The fourth-order valence-electron chi connectivity index (χ4n) is 12.0. The minimum absolute atomic E-state index is 0.0371. The van der Waals surface area contributed by atoms with Gasteiger partial charge in [-0.1, -0.05) is 139 Å². The van der Waals surface area contributed by atoms with Crippen LogP contribution in [0.25, 0.3) is 55.3 Å². The van der Waals surface area contributed by atoms with Crippen LogP contribution in [0.2, 0.25) is 0 Å². The lowest BCUT2D eigenvalue weighted by atomic mass is 9.80. The maximum absolute atomic E-state index is 6.17. The van der Waals surface area contributed by atoms with Crippen LogP contribution < -0.4 is 4.90 Å². The van der Waals surface area contributed by atoms with Crippen LogP contribution >= 0.6 is 360 Å². The highest BCUT2D eigenvalue weighted by molar-refractivity contribution is 9.50. The molecule has 1 aromatic heterocycles. The molecule has 2 aliphatic rings. The molecule has 8 aromatic rings. The van der Waals surface area contributed by atoms with Gasteiger partial charge in [0.05, 0.1) is 11.4 Å². The molecule has 0 bridgehead atoms. The molecule has 47 heteroatoms. The van der Waals surface area contributed by atoms with Gasteiger partial charge in [0.1, 0.15) is 11.2 Å². The van der Waals surface area contributed by atoms with E-state index in [1.807, 2.05) is 12.1 Å². The van der Waals surface area contributed by atoms with Crippen molar-refractivity contribution in [2.75, 3.05) is 4.90 Å². The summed E-state index contributed by atoms with van der Waals surface area (Å²) in [6.45, 7) is 9.36. The van der Waals surface area contributed by atoms with Crippen molar-refractivity contribution in [2.24, 2.45) is 0 Å². The molecule has 26 unspecified atom stereocenters. The number of furan rings is 1. The maximum Gasteiger partial charge on any atom is 0.135 e. The molecule has 0 spiro atoms. The quantitative estimate of drug-likeness (QED) is 0.0530. The molecule has 0 radical (unpaired) electrons. The van der Waals surface area contributed by atoms with Gasteiger partial charge in [0.25, 0.3) is 0 Å². The summed E-state index contributed by atoms with van der Waals surface area (Å²) in [6.07, 6.45) is 0. The van der Waals surface area contributed by atoms with Gasteiger partial charge in [0.15, 0.2) is 0 Å². The van der Waals surface area contributed by atoms with Gasteiger partial charge >= 0.3 is 0 Å². The summed E-state index contributed by atoms with van der Waals surface area (Å²) in [5.74, 6) is 0. The first kappa shape index (κ1) is 93.4. The number of nitrogens with zero attached hydrogens (tertiary/aromatic N) is 1. The van der Waals surface area contributed by atoms with E-state index in [4.69, 9.17) is 4.42 Å². The smallest absolute Gasteiger partial charge is 0.135 e. The Morgan fingerprint density at radius 1 is 0.333 bits per heavy atom. The third-order valence-electron chi connectivity index (χ3n) is 15.6. The van der Waals surface area contributed by atoms with E-state index in [0.717, 1.165) is 35.6 Å². The van der Waals surface area contributed by atoms with E-state index < -0.39 is 0 Å². The van der Waals surface area contributed by atoms with Gasteiger partial charge in [-0.3, -0.25) is 0 Å². The van der Waals surface area contributed by atoms with Gasteiger partial charge in [-0.2, -0.15) is 0 Å². The zero-order chi connectivity index (χ0) is 70.5. The Hall–Kier alpha value is 13.5. The highest BCUT2D eigenvalue weighted by Crippen LogP contribution is 3.44. The Morgan fingerprint density at radius 2 is 0.698 bits per heavy atom. The first-order valence-corrected chi connectivity index (χ1v) is 110. The van der Waals surface area contributed by atoms with Crippen molar-refractivity contribution in [1.82, 2.24) is 0 Å². The number of benzene rings is 7. The molecule has 0 saturated carbocycles. The third kappa shape index (κ3) is 21.4. The van der Waals surface area contributed by atoms with Crippen LogP contribution in [0.15, 0.2) is 150 Å². The summed E-state index contributed by atoms with van der Waals surface area (Å²) in [7, 11) is 80.1. The second kappa shape index (κ2) is 42.6. The molecule has 10 rings (SSSR count). The SMILES string of the molecule is Cc1cc(N(c2cccc3c2C(C)(C)c2ccccc2-3)c2cccc3c2C(C)(C)c2ccccc2-3)ccc1-c1ccc2oc3ccccc3c2c1.PPP(P(P)P)P(P(P(P)P)P(P)P)P(P(P(P(P)P)P(P)P)P(P(P)P)P(P)P)P(P(P(P)P)P(P)P)P(P(P)P)P(P)P. The molecule has 1 heterocycles. The fourth-order valence-corrected chi connectivity index (χ4v) is 641. The monoisotopic (exact) mass is 2100 g/mol. The van der Waals surface area contributed by atoms with E-state index in [9.17, 15) is 0 Å². The standard InChI is InChI=1S/C49H39NO.H47P45/c1-30-28-32(25-26-33(30)31-24-27-45-39(29-31)36-16-8-11-23-44(36)51-45)50(42-21-12-17-37-34-14-6-9-19-40(34)48(2,3)46(37)42)43-22-13-18-38-35-15-7-10-20-41(35)49(4,5)47(38)43;1-24-36(25(2)3)42(37(26(4)5)27(6)7)45(43(38(28(8)9)29(10)11)39(30(12)13)31(14)15)44(40(32(16)17)33(18)19)41(34(20)21)35(22)23/h6-29H,1-5H3;24H,1-23H2. The van der Waals surface area contributed by atoms with E-state index in [-0.39, 0.29) is 158 Å². The molecule has 0 N–H and O–H groups in total. The third-order valence-corrected chi connectivity index (χ3v) is 324. The van der Waals surface area contributed by atoms with Crippen molar-refractivity contribution in [3.05, 3.63) is 173 Å². The molecule has 0 fully saturated rings. The van der Waals surface area contributed by atoms with E-state index in [1.165, 1.54) is 72.6 Å². The molecule has 26 atom stereocenters. The first-order valence-electron chi connectivity index (χ1n) is 28.2. The van der Waals surface area contributed by atoms with Crippen LogP contribution in [0.4, 0.5) is 17.1 Å². The summed E-state index contributed by atoms with van der Waals surface area (Å²) in [5, 5.41) is 2.30. The number of aryl methyl sites for hydroxylation is 1. The lowest BCUT2D eigenvalue weighted by Crippen LogP contribution is -2.24. The van der Waals surface area contributed by atoms with Gasteiger partial charge in [-0.05, 0) is 257 Å². The number of anilines is 3. The largest absolute Gasteiger partial charge is 0.456 e. The Balaban J connectivity index is 0.000000228. The molecule has 96 heavy (non-hydrogen) atoms. The molecule has 0 amide bonds. The van der Waals surface area contributed by atoms with E-state index in [2.05, 4.69) is 378 Å². The van der Waals surface area contributed by atoms with Gasteiger partial charge in [0.2, 0.25) is 0 Å². The summed E-state index contributed by atoms with van der Waals surface area (Å²) in [5.41, 5.74) is 19.6. The van der Waals surface area contributed by atoms with E-state index in [0.29, 0.717) is 0 Å². The van der Waals surface area contributed by atoms with Gasteiger partial charge < -0.3 is 9.32 Å². The Bertz CT molecular complexity index is 3750. The van der Waals surface area contributed by atoms with Crippen molar-refractivity contribution in [3.63, 3.8) is 0 Å².